The van der Waals surface area contributed by atoms with Crippen molar-refractivity contribution < 1.29 is 0 Å². The van der Waals surface area contributed by atoms with Gasteiger partial charge >= 0.3 is 0 Å². The van der Waals surface area contributed by atoms with Gasteiger partial charge in [0, 0.05) is 45.5 Å². The van der Waals surface area contributed by atoms with E-state index >= 15 is 0 Å². The molecule has 1 N–H and O–H groups in total. The summed E-state index contributed by atoms with van der Waals surface area (Å²) in [5.74, 6) is 2.05. The number of hydrogen-bond acceptors (Lipinski definition) is 2. The largest absolute Gasteiger partial charge is 0.368 e. The fraction of sp³-hybridized carbons (Fsp3) is 0.588. The summed E-state index contributed by atoms with van der Waals surface area (Å²) in [6.07, 6.45) is 4.15. The van der Waals surface area contributed by atoms with Crippen LogP contribution in [0.25, 0.3) is 0 Å². The van der Waals surface area contributed by atoms with Crippen molar-refractivity contribution in [3.63, 3.8) is 0 Å². The van der Waals surface area contributed by atoms with Crippen molar-refractivity contribution in [2.45, 2.75) is 19.3 Å². The Labute approximate surface area is 151 Å². The van der Waals surface area contributed by atoms with Gasteiger partial charge in [-0.25, -0.2) is 0 Å². The smallest absolute Gasteiger partial charge is 0.193 e. The highest BCUT2D eigenvalue weighted by atomic mass is 127. The van der Waals surface area contributed by atoms with Gasteiger partial charge in [0.15, 0.2) is 5.96 Å². The third kappa shape index (κ3) is 4.76. The lowest BCUT2D eigenvalue weighted by atomic mass is 10.2. The molecule has 2 aliphatic rings. The summed E-state index contributed by atoms with van der Waals surface area (Å²) in [5.41, 5.74) is 1.33. The van der Waals surface area contributed by atoms with E-state index in [1.54, 1.807) is 0 Å². The highest BCUT2D eigenvalue weighted by Crippen LogP contribution is 2.31. The molecule has 1 aromatic carbocycles. The van der Waals surface area contributed by atoms with Gasteiger partial charge in [0.05, 0.1) is 0 Å². The van der Waals surface area contributed by atoms with E-state index in [2.05, 4.69) is 50.4 Å². The minimum atomic E-state index is 0. The number of halogens is 1. The van der Waals surface area contributed by atoms with E-state index in [1.807, 2.05) is 7.05 Å². The van der Waals surface area contributed by atoms with E-state index in [0.717, 1.165) is 44.6 Å². The first-order valence-corrected chi connectivity index (χ1v) is 8.12. The molecule has 1 aromatic rings. The second-order valence-electron chi connectivity index (χ2n) is 6.02. The van der Waals surface area contributed by atoms with Crippen LogP contribution < -0.4 is 10.2 Å². The molecule has 3 rings (SSSR count). The monoisotopic (exact) mass is 414 g/mol. The molecular formula is C17H27IN4. The van der Waals surface area contributed by atoms with Crippen molar-refractivity contribution in [2.24, 2.45) is 10.9 Å². The Balaban J connectivity index is 0.00000176. The van der Waals surface area contributed by atoms with Crippen LogP contribution >= 0.6 is 24.0 Å². The number of guanidine groups is 1. The second-order valence-corrected chi connectivity index (χ2v) is 6.02. The van der Waals surface area contributed by atoms with Gasteiger partial charge in [-0.3, -0.25) is 4.99 Å². The standard InChI is InChI=1S/C17H26N4.HI/c1-18-17(19-10-9-15-7-8-15)21-13-11-20(12-14-21)16-5-3-2-4-6-16;/h2-6,15H,7-14H2,1H3,(H,18,19);1H. The summed E-state index contributed by atoms with van der Waals surface area (Å²) in [6.45, 7) is 5.27. The normalized spacial score (nSPS) is 18.9. The summed E-state index contributed by atoms with van der Waals surface area (Å²) in [6, 6.07) is 10.7. The lowest BCUT2D eigenvalue weighted by Crippen LogP contribution is -2.52. The van der Waals surface area contributed by atoms with Crippen molar-refractivity contribution >= 4 is 35.6 Å². The van der Waals surface area contributed by atoms with Gasteiger partial charge in [-0.15, -0.1) is 24.0 Å². The zero-order chi connectivity index (χ0) is 14.5. The van der Waals surface area contributed by atoms with Crippen LogP contribution in [0.5, 0.6) is 0 Å². The van der Waals surface area contributed by atoms with Gasteiger partial charge in [0.25, 0.3) is 0 Å². The zero-order valence-corrected chi connectivity index (χ0v) is 15.7. The Morgan fingerprint density at radius 2 is 1.82 bits per heavy atom. The first-order chi connectivity index (χ1) is 10.4. The molecule has 5 heteroatoms. The SMILES string of the molecule is CN=C(NCCC1CC1)N1CCN(c2ccccc2)CC1.I. The Kier molecular flexibility index (Phi) is 6.79. The van der Waals surface area contributed by atoms with Crippen LogP contribution in [0.15, 0.2) is 35.3 Å². The van der Waals surface area contributed by atoms with Crippen LogP contribution in [-0.4, -0.2) is 50.6 Å². The maximum absolute atomic E-state index is 4.44. The first kappa shape index (κ1) is 17.4. The summed E-state index contributed by atoms with van der Waals surface area (Å²) in [4.78, 5) is 9.27. The molecule has 1 aliphatic carbocycles. The van der Waals surface area contributed by atoms with Crippen molar-refractivity contribution in [3.05, 3.63) is 30.3 Å². The van der Waals surface area contributed by atoms with E-state index in [0.29, 0.717) is 0 Å². The lowest BCUT2D eigenvalue weighted by molar-refractivity contribution is 0.372. The Bertz CT molecular complexity index is 465. The number of hydrogen-bond donors (Lipinski definition) is 1. The van der Waals surface area contributed by atoms with Crippen LogP contribution in [0.3, 0.4) is 0 Å². The predicted molar refractivity (Wildman–Crippen MR) is 104 cm³/mol. The molecule has 0 aromatic heterocycles. The van der Waals surface area contributed by atoms with Gasteiger partial charge in [-0.1, -0.05) is 31.0 Å². The maximum Gasteiger partial charge on any atom is 0.193 e. The number of benzene rings is 1. The average Bonchev–Trinajstić information content (AvgIpc) is 3.37. The van der Waals surface area contributed by atoms with E-state index in [1.165, 1.54) is 24.9 Å². The van der Waals surface area contributed by atoms with Crippen molar-refractivity contribution in [1.82, 2.24) is 10.2 Å². The molecule has 1 aliphatic heterocycles. The molecule has 0 spiro atoms. The van der Waals surface area contributed by atoms with Gasteiger partial charge < -0.3 is 15.1 Å². The average molecular weight is 414 g/mol. The zero-order valence-electron chi connectivity index (χ0n) is 13.4. The quantitative estimate of drug-likeness (QED) is 0.467. The third-order valence-corrected chi connectivity index (χ3v) is 4.44. The summed E-state index contributed by atoms with van der Waals surface area (Å²) in [5, 5.41) is 3.52. The number of anilines is 1. The number of rotatable bonds is 4. The molecule has 2 fully saturated rings. The van der Waals surface area contributed by atoms with Crippen LogP contribution in [0.1, 0.15) is 19.3 Å². The molecule has 0 radical (unpaired) electrons. The number of piperazine rings is 1. The van der Waals surface area contributed by atoms with Gasteiger partial charge in [0.1, 0.15) is 0 Å². The minimum absolute atomic E-state index is 0. The molecule has 0 atom stereocenters. The molecule has 4 nitrogen and oxygen atoms in total. The summed E-state index contributed by atoms with van der Waals surface area (Å²) >= 11 is 0. The van der Waals surface area contributed by atoms with E-state index in [9.17, 15) is 0 Å². The van der Waals surface area contributed by atoms with Crippen molar-refractivity contribution in [3.8, 4) is 0 Å². The van der Waals surface area contributed by atoms with E-state index < -0.39 is 0 Å². The minimum Gasteiger partial charge on any atom is -0.368 e. The topological polar surface area (TPSA) is 30.9 Å². The number of nitrogens with one attached hydrogen (secondary N) is 1. The Morgan fingerprint density at radius 1 is 1.14 bits per heavy atom. The maximum atomic E-state index is 4.44. The molecule has 0 unspecified atom stereocenters. The summed E-state index contributed by atoms with van der Waals surface area (Å²) in [7, 11) is 1.89. The highest BCUT2D eigenvalue weighted by molar-refractivity contribution is 14.0. The molecule has 0 bridgehead atoms. The van der Waals surface area contributed by atoms with Crippen LogP contribution in [0.2, 0.25) is 0 Å². The molecule has 1 saturated carbocycles. The predicted octanol–water partition coefficient (Wildman–Crippen LogP) is 2.80. The second kappa shape index (κ2) is 8.60. The molecule has 1 heterocycles. The van der Waals surface area contributed by atoms with Crippen molar-refractivity contribution in [1.29, 1.82) is 0 Å². The molecular weight excluding hydrogens is 387 g/mol. The third-order valence-electron chi connectivity index (χ3n) is 4.44. The fourth-order valence-corrected chi connectivity index (χ4v) is 2.94. The van der Waals surface area contributed by atoms with E-state index in [4.69, 9.17) is 0 Å². The van der Waals surface area contributed by atoms with Gasteiger partial charge in [-0.05, 0) is 24.5 Å². The molecule has 122 valence electrons. The van der Waals surface area contributed by atoms with Crippen LogP contribution in [0.4, 0.5) is 5.69 Å². The molecule has 0 amide bonds. The number of aliphatic imine (C=N–C) groups is 1. The lowest BCUT2D eigenvalue weighted by Gasteiger charge is -2.37. The Morgan fingerprint density at radius 3 is 2.41 bits per heavy atom. The first-order valence-electron chi connectivity index (χ1n) is 8.12. The van der Waals surface area contributed by atoms with Crippen LogP contribution in [0, 0.1) is 5.92 Å². The van der Waals surface area contributed by atoms with Gasteiger partial charge in [0.2, 0.25) is 0 Å². The molecule has 1 saturated heterocycles. The van der Waals surface area contributed by atoms with Crippen LogP contribution in [-0.2, 0) is 0 Å². The Hall–Kier alpha value is -0.980. The van der Waals surface area contributed by atoms with Gasteiger partial charge in [-0.2, -0.15) is 0 Å². The van der Waals surface area contributed by atoms with E-state index in [-0.39, 0.29) is 24.0 Å². The number of para-hydroxylation sites is 1. The number of nitrogens with zero attached hydrogens (tertiary/aromatic N) is 3. The summed E-state index contributed by atoms with van der Waals surface area (Å²) < 4.78 is 0. The highest BCUT2D eigenvalue weighted by Gasteiger charge is 2.22. The van der Waals surface area contributed by atoms with Crippen molar-refractivity contribution in [2.75, 3.05) is 44.7 Å². The fourth-order valence-electron chi connectivity index (χ4n) is 2.94. The molecule has 22 heavy (non-hydrogen) atoms.